The Morgan fingerprint density at radius 2 is 1.42 bits per heavy atom. The topological polar surface area (TPSA) is 106 Å². The smallest absolute Gasteiger partial charge is 0.242 e. The lowest BCUT2D eigenvalue weighted by Crippen LogP contribution is -2.11. The van der Waals surface area contributed by atoms with Crippen LogP contribution >= 0.6 is 0 Å². The van der Waals surface area contributed by atoms with Gasteiger partial charge in [0.25, 0.3) is 0 Å². The van der Waals surface area contributed by atoms with Gasteiger partial charge in [-0.1, -0.05) is 48.5 Å². The monoisotopic (exact) mass is 529 g/mol. The van der Waals surface area contributed by atoms with E-state index in [1.807, 2.05) is 0 Å². The highest BCUT2D eigenvalue weighted by atomic mass is 32.2. The van der Waals surface area contributed by atoms with Crippen molar-refractivity contribution < 1.29 is 30.0 Å². The summed E-state index contributed by atoms with van der Waals surface area (Å²) < 4.78 is 93.4. The maximum absolute atomic E-state index is 13.6. The standard InChI is InChI=1S/C24H14F3N3O4S2/c25-24(26,27)16-12-10-15(11-13-16)20-18-8-4-5-9-19(18)36(33,34)23-21(30-20)22(28-14-29-23)35(31,32)17-6-2-1-3-7-17/h1-14H. The lowest BCUT2D eigenvalue weighted by Gasteiger charge is -2.11. The number of fused-ring (bicyclic) bond motifs is 2. The van der Waals surface area contributed by atoms with Gasteiger partial charge in [0.1, 0.15) is 12.0 Å². The van der Waals surface area contributed by atoms with Crippen LogP contribution in [0.3, 0.4) is 0 Å². The van der Waals surface area contributed by atoms with Gasteiger partial charge in [0, 0.05) is 11.1 Å². The molecule has 0 atom stereocenters. The van der Waals surface area contributed by atoms with E-state index < -0.39 is 47.2 Å². The summed E-state index contributed by atoms with van der Waals surface area (Å²) in [6.07, 6.45) is -3.75. The number of aromatic nitrogens is 2. The van der Waals surface area contributed by atoms with Crippen molar-refractivity contribution in [3.05, 3.63) is 102 Å². The van der Waals surface area contributed by atoms with E-state index in [2.05, 4.69) is 15.0 Å². The highest BCUT2D eigenvalue weighted by Gasteiger charge is 2.36. The summed E-state index contributed by atoms with van der Waals surface area (Å²) in [5.41, 5.74) is -1.24. The molecule has 1 aliphatic heterocycles. The van der Waals surface area contributed by atoms with Gasteiger partial charge in [-0.2, -0.15) is 13.2 Å². The second kappa shape index (κ2) is 8.35. The van der Waals surface area contributed by atoms with Crippen LogP contribution in [0.1, 0.15) is 16.7 Å². The SMILES string of the molecule is O=S(=O)(c1ccccc1)c1ncnc2c1N=C(c1ccc(C(F)(F)F)cc1)c1ccccc1S2(=O)=O. The molecule has 0 radical (unpaired) electrons. The van der Waals surface area contributed by atoms with Crippen molar-refractivity contribution >= 4 is 31.1 Å². The summed E-state index contributed by atoms with van der Waals surface area (Å²) in [5, 5.41) is -1.26. The van der Waals surface area contributed by atoms with Crippen molar-refractivity contribution in [3.63, 3.8) is 0 Å². The van der Waals surface area contributed by atoms with Gasteiger partial charge in [-0.15, -0.1) is 0 Å². The number of benzene rings is 3. The first kappa shape index (κ1) is 23.8. The van der Waals surface area contributed by atoms with Crippen LogP contribution in [0, 0.1) is 0 Å². The maximum Gasteiger partial charge on any atom is 0.416 e. The average Bonchev–Trinajstić information content (AvgIpc) is 2.96. The third kappa shape index (κ3) is 3.88. The zero-order chi connectivity index (χ0) is 25.7. The number of aliphatic imine (C=N–C) groups is 1. The molecule has 4 aromatic rings. The number of alkyl halides is 3. The molecular weight excluding hydrogens is 515 g/mol. The zero-order valence-electron chi connectivity index (χ0n) is 18.0. The second-order valence-corrected chi connectivity index (χ2v) is 11.4. The highest BCUT2D eigenvalue weighted by molar-refractivity contribution is 7.92. The molecule has 12 heteroatoms. The number of hydrogen-bond acceptors (Lipinski definition) is 7. The molecule has 0 amide bonds. The Balaban J connectivity index is 1.84. The predicted molar refractivity (Wildman–Crippen MR) is 123 cm³/mol. The van der Waals surface area contributed by atoms with E-state index in [0.717, 1.165) is 30.6 Å². The molecule has 0 spiro atoms. The second-order valence-electron chi connectivity index (χ2n) is 7.68. The first-order valence-electron chi connectivity index (χ1n) is 10.3. The van der Waals surface area contributed by atoms with E-state index >= 15 is 0 Å². The normalized spacial score (nSPS) is 14.8. The minimum absolute atomic E-state index is 0.0408. The van der Waals surface area contributed by atoms with E-state index in [1.54, 1.807) is 6.07 Å². The number of nitrogens with zero attached hydrogens (tertiary/aromatic N) is 3. The molecule has 0 aliphatic carbocycles. The molecule has 7 nitrogen and oxygen atoms in total. The fourth-order valence-corrected chi connectivity index (χ4v) is 6.65. The molecule has 2 heterocycles. The molecule has 0 saturated carbocycles. The van der Waals surface area contributed by atoms with Crippen molar-refractivity contribution in [3.8, 4) is 0 Å². The van der Waals surface area contributed by atoms with E-state index in [0.29, 0.717) is 0 Å². The highest BCUT2D eigenvalue weighted by Crippen LogP contribution is 2.40. The van der Waals surface area contributed by atoms with Crippen molar-refractivity contribution in [2.45, 2.75) is 26.0 Å². The maximum atomic E-state index is 13.6. The molecular formula is C24H14F3N3O4S2. The summed E-state index contributed by atoms with van der Waals surface area (Å²) in [6.45, 7) is 0. The van der Waals surface area contributed by atoms with Gasteiger partial charge in [-0.25, -0.2) is 31.8 Å². The Bertz CT molecular complexity index is 1740. The average molecular weight is 530 g/mol. The first-order chi connectivity index (χ1) is 17.0. The zero-order valence-corrected chi connectivity index (χ0v) is 19.6. The molecule has 0 saturated heterocycles. The molecule has 0 fully saturated rings. The lowest BCUT2D eigenvalue weighted by atomic mass is 10.0. The summed E-state index contributed by atoms with van der Waals surface area (Å²) in [4.78, 5) is 11.7. The molecule has 1 aromatic heterocycles. The van der Waals surface area contributed by atoms with E-state index in [4.69, 9.17) is 0 Å². The Morgan fingerprint density at radius 3 is 2.08 bits per heavy atom. The van der Waals surface area contributed by atoms with Crippen molar-refractivity contribution in [1.82, 2.24) is 9.97 Å². The van der Waals surface area contributed by atoms with Gasteiger partial charge in [0.05, 0.1) is 21.1 Å². The Hall–Kier alpha value is -3.90. The van der Waals surface area contributed by atoms with Gasteiger partial charge < -0.3 is 0 Å². The van der Waals surface area contributed by atoms with Gasteiger partial charge in [0.2, 0.25) is 19.7 Å². The fourth-order valence-electron chi connectivity index (χ4n) is 3.76. The van der Waals surface area contributed by atoms with Crippen LogP contribution in [-0.4, -0.2) is 32.5 Å². The van der Waals surface area contributed by atoms with Crippen LogP contribution in [0.2, 0.25) is 0 Å². The fraction of sp³-hybridized carbons (Fsp3) is 0.0417. The van der Waals surface area contributed by atoms with Gasteiger partial charge in [-0.3, -0.25) is 0 Å². The van der Waals surface area contributed by atoms with Crippen LogP contribution < -0.4 is 0 Å². The van der Waals surface area contributed by atoms with Crippen molar-refractivity contribution in [2.24, 2.45) is 4.99 Å². The van der Waals surface area contributed by atoms with Gasteiger partial charge in [-0.05, 0) is 30.3 Å². The number of hydrogen-bond donors (Lipinski definition) is 0. The minimum atomic E-state index is -4.58. The number of sulfone groups is 2. The van der Waals surface area contributed by atoms with Crippen LogP contribution in [0.25, 0.3) is 0 Å². The van der Waals surface area contributed by atoms with Crippen LogP contribution in [0.4, 0.5) is 18.9 Å². The summed E-state index contributed by atoms with van der Waals surface area (Å²) in [6, 6.07) is 17.0. The summed E-state index contributed by atoms with van der Waals surface area (Å²) in [5.74, 6) is 0. The molecule has 36 heavy (non-hydrogen) atoms. The van der Waals surface area contributed by atoms with E-state index in [-0.39, 0.29) is 26.6 Å². The minimum Gasteiger partial charge on any atom is -0.242 e. The quantitative estimate of drug-likeness (QED) is 0.315. The number of halogens is 3. The van der Waals surface area contributed by atoms with Crippen molar-refractivity contribution in [1.29, 1.82) is 0 Å². The molecule has 182 valence electrons. The summed E-state index contributed by atoms with van der Waals surface area (Å²) >= 11 is 0. The molecule has 0 N–H and O–H groups in total. The van der Waals surface area contributed by atoms with E-state index in [1.165, 1.54) is 48.5 Å². The third-order valence-electron chi connectivity index (χ3n) is 5.46. The van der Waals surface area contributed by atoms with Gasteiger partial charge >= 0.3 is 6.18 Å². The molecule has 0 bridgehead atoms. The third-order valence-corrected chi connectivity index (χ3v) is 8.90. The Morgan fingerprint density at radius 1 is 0.778 bits per heavy atom. The molecule has 5 rings (SSSR count). The lowest BCUT2D eigenvalue weighted by molar-refractivity contribution is -0.137. The predicted octanol–water partition coefficient (Wildman–Crippen LogP) is 4.64. The Kier molecular flexibility index (Phi) is 5.52. The molecule has 0 unspecified atom stereocenters. The Labute approximate surface area is 203 Å². The van der Waals surface area contributed by atoms with Crippen LogP contribution in [0.15, 0.2) is 110 Å². The van der Waals surface area contributed by atoms with Gasteiger partial charge in [0.15, 0.2) is 10.1 Å². The van der Waals surface area contributed by atoms with E-state index in [9.17, 15) is 30.0 Å². The molecule has 3 aromatic carbocycles. The first-order valence-corrected chi connectivity index (χ1v) is 13.2. The van der Waals surface area contributed by atoms with Crippen LogP contribution in [-0.2, 0) is 25.9 Å². The molecule has 1 aliphatic rings. The largest absolute Gasteiger partial charge is 0.416 e. The van der Waals surface area contributed by atoms with Crippen LogP contribution in [0.5, 0.6) is 0 Å². The number of rotatable bonds is 3. The van der Waals surface area contributed by atoms with Crippen molar-refractivity contribution in [2.75, 3.05) is 0 Å². The summed E-state index contributed by atoms with van der Waals surface area (Å²) in [7, 11) is -8.72.